The van der Waals surface area contributed by atoms with E-state index < -0.39 is 51.1 Å². The van der Waals surface area contributed by atoms with E-state index in [9.17, 15) is 23.8 Å². The average Bonchev–Trinajstić information content (AvgIpc) is 3.14. The molecule has 0 aliphatic rings. The number of carbonyl (C=O) groups excluding carboxylic acids is 2. The van der Waals surface area contributed by atoms with Gasteiger partial charge < -0.3 is 25.2 Å². The second-order valence-corrected chi connectivity index (χ2v) is 15.9. The molecular formula is C42H78NO10P. The van der Waals surface area contributed by atoms with Crippen LogP contribution in [0.5, 0.6) is 0 Å². The lowest BCUT2D eigenvalue weighted by molar-refractivity contribution is -0.161. The quantitative estimate of drug-likeness (QED) is 0.0233. The summed E-state index contributed by atoms with van der Waals surface area (Å²) in [7, 11) is -4.71. The fraction of sp³-hybridized carbons (Fsp3) is 0.833. The number of aliphatic carboxylic acids is 1. The number of carbonyl (C=O) groups is 3. The zero-order valence-corrected chi connectivity index (χ0v) is 35.0. The van der Waals surface area contributed by atoms with Gasteiger partial charge in [0.05, 0.1) is 13.2 Å². The minimum absolute atomic E-state index is 0.156. The van der Waals surface area contributed by atoms with Gasteiger partial charge >= 0.3 is 25.7 Å². The summed E-state index contributed by atoms with van der Waals surface area (Å²) < 4.78 is 32.6. The smallest absolute Gasteiger partial charge is 0.472 e. The molecule has 0 bridgehead atoms. The van der Waals surface area contributed by atoms with E-state index in [0.29, 0.717) is 12.8 Å². The van der Waals surface area contributed by atoms with Gasteiger partial charge in [-0.3, -0.25) is 23.4 Å². The van der Waals surface area contributed by atoms with Crippen LogP contribution in [0.25, 0.3) is 0 Å². The summed E-state index contributed by atoms with van der Waals surface area (Å²) in [4.78, 5) is 45.9. The highest BCUT2D eigenvalue weighted by atomic mass is 31.2. The maximum absolute atomic E-state index is 12.6. The summed E-state index contributed by atoms with van der Waals surface area (Å²) in [6.07, 6.45) is 38.1. The molecule has 0 amide bonds. The van der Waals surface area contributed by atoms with E-state index in [1.807, 2.05) is 0 Å². The van der Waals surface area contributed by atoms with Crippen molar-refractivity contribution in [2.45, 2.75) is 206 Å². The number of allylic oxidation sites excluding steroid dienone is 4. The third kappa shape index (κ3) is 36.9. The number of phosphoric acid groups is 1. The molecule has 0 rings (SSSR count). The van der Waals surface area contributed by atoms with Crippen molar-refractivity contribution in [3.63, 3.8) is 0 Å². The van der Waals surface area contributed by atoms with Crippen molar-refractivity contribution in [3.8, 4) is 0 Å². The fourth-order valence-corrected chi connectivity index (χ4v) is 6.54. The molecule has 316 valence electrons. The maximum atomic E-state index is 12.6. The molecule has 1 unspecified atom stereocenters. The number of hydrogen-bond acceptors (Lipinski definition) is 9. The molecule has 12 heteroatoms. The Balaban J connectivity index is 4.38. The number of unbranched alkanes of at least 4 members (excludes halogenated alkanes) is 22. The molecule has 3 atom stereocenters. The van der Waals surface area contributed by atoms with E-state index >= 15 is 0 Å². The second kappa shape index (κ2) is 37.9. The first-order chi connectivity index (χ1) is 26.1. The van der Waals surface area contributed by atoms with Crippen LogP contribution in [0.1, 0.15) is 194 Å². The van der Waals surface area contributed by atoms with Crippen LogP contribution < -0.4 is 5.73 Å². The van der Waals surface area contributed by atoms with E-state index in [-0.39, 0.29) is 19.4 Å². The van der Waals surface area contributed by atoms with Crippen molar-refractivity contribution in [3.05, 3.63) is 24.3 Å². The van der Waals surface area contributed by atoms with Crippen molar-refractivity contribution >= 4 is 25.7 Å². The Morgan fingerprint density at radius 3 is 1.37 bits per heavy atom. The number of esters is 2. The summed E-state index contributed by atoms with van der Waals surface area (Å²) in [5, 5.41) is 8.88. The predicted octanol–water partition coefficient (Wildman–Crippen LogP) is 11.1. The summed E-state index contributed by atoms with van der Waals surface area (Å²) in [6.45, 7) is 2.77. The number of ether oxygens (including phenoxy) is 2. The molecule has 0 aromatic carbocycles. The zero-order chi connectivity index (χ0) is 40.0. The van der Waals surface area contributed by atoms with Crippen LogP contribution >= 0.6 is 7.82 Å². The molecule has 0 aromatic heterocycles. The van der Waals surface area contributed by atoms with Gasteiger partial charge in [-0.15, -0.1) is 0 Å². The van der Waals surface area contributed by atoms with E-state index in [1.54, 1.807) is 0 Å². The molecule has 0 heterocycles. The van der Waals surface area contributed by atoms with Gasteiger partial charge in [-0.25, -0.2) is 4.57 Å². The van der Waals surface area contributed by atoms with Gasteiger partial charge in [0.2, 0.25) is 0 Å². The number of hydrogen-bond donors (Lipinski definition) is 3. The lowest BCUT2D eigenvalue weighted by Crippen LogP contribution is -2.34. The highest BCUT2D eigenvalue weighted by molar-refractivity contribution is 7.47. The number of carboxylic acid groups (broad SMARTS) is 1. The highest BCUT2D eigenvalue weighted by Gasteiger charge is 2.28. The lowest BCUT2D eigenvalue weighted by atomic mass is 10.1. The first kappa shape index (κ1) is 52.0. The summed E-state index contributed by atoms with van der Waals surface area (Å²) >= 11 is 0. The lowest BCUT2D eigenvalue weighted by Gasteiger charge is -2.20. The predicted molar refractivity (Wildman–Crippen MR) is 217 cm³/mol. The second-order valence-electron chi connectivity index (χ2n) is 14.5. The topological polar surface area (TPSA) is 172 Å². The first-order valence-electron chi connectivity index (χ1n) is 21.4. The van der Waals surface area contributed by atoms with Crippen LogP contribution in [0.15, 0.2) is 24.3 Å². The molecule has 0 fully saturated rings. The van der Waals surface area contributed by atoms with Gasteiger partial charge in [-0.1, -0.05) is 141 Å². The van der Waals surface area contributed by atoms with Crippen molar-refractivity contribution in [1.29, 1.82) is 0 Å². The molecule has 0 aromatic rings. The van der Waals surface area contributed by atoms with Crippen LogP contribution in [0.3, 0.4) is 0 Å². The van der Waals surface area contributed by atoms with Gasteiger partial charge in [0.25, 0.3) is 0 Å². The van der Waals surface area contributed by atoms with E-state index in [2.05, 4.69) is 42.7 Å². The van der Waals surface area contributed by atoms with Crippen molar-refractivity contribution < 1.29 is 47.5 Å². The molecule has 0 radical (unpaired) electrons. The Labute approximate surface area is 328 Å². The Hall–Kier alpha value is -2.04. The Morgan fingerprint density at radius 2 is 0.926 bits per heavy atom. The standard InChI is InChI=1S/C42H78NO10P/c1-3-5-7-9-11-13-15-17-18-19-20-22-24-26-28-30-32-34-41(45)53-38(36-51-54(48,49)52-37-39(43)42(46)47)35-50-40(44)33-31-29-27-25-23-21-16-14-12-10-8-6-4-2/h14,16-18,38-39H,3-13,15,19-37,43H2,1-2H3,(H,46,47)(H,48,49)/b16-14-,18-17-/t38-,39+/m1/s1. The highest BCUT2D eigenvalue weighted by Crippen LogP contribution is 2.43. The largest absolute Gasteiger partial charge is 0.480 e. The normalized spacial score (nSPS) is 14.0. The Bertz CT molecular complexity index is 1020. The molecule has 0 aliphatic carbocycles. The van der Waals surface area contributed by atoms with Crippen molar-refractivity contribution in [2.24, 2.45) is 5.73 Å². The number of carboxylic acids is 1. The third-order valence-electron chi connectivity index (χ3n) is 9.17. The van der Waals surface area contributed by atoms with Gasteiger partial charge in [-0.05, 0) is 64.2 Å². The summed E-state index contributed by atoms with van der Waals surface area (Å²) in [5.74, 6) is -2.39. The van der Waals surface area contributed by atoms with E-state index in [0.717, 1.165) is 70.6 Å². The van der Waals surface area contributed by atoms with Gasteiger partial charge in [0.15, 0.2) is 6.10 Å². The van der Waals surface area contributed by atoms with E-state index in [4.69, 9.17) is 24.8 Å². The molecule has 0 saturated carbocycles. The van der Waals surface area contributed by atoms with Crippen LogP contribution in [-0.2, 0) is 37.5 Å². The average molecular weight is 788 g/mol. The molecule has 0 aliphatic heterocycles. The molecular weight excluding hydrogens is 709 g/mol. The van der Waals surface area contributed by atoms with Crippen LogP contribution in [0.4, 0.5) is 0 Å². The minimum Gasteiger partial charge on any atom is -0.480 e. The minimum atomic E-state index is -4.71. The molecule has 0 spiro atoms. The SMILES string of the molecule is CCCCCC/C=C\CCCCCCCC(=O)OC[C@H](COP(=O)(O)OC[C@H](N)C(=O)O)OC(=O)CCCCCCCCC/C=C\CCCCCCCC. The molecule has 54 heavy (non-hydrogen) atoms. The van der Waals surface area contributed by atoms with Crippen LogP contribution in [0, 0.1) is 0 Å². The monoisotopic (exact) mass is 788 g/mol. The molecule has 0 saturated heterocycles. The zero-order valence-electron chi connectivity index (χ0n) is 34.1. The van der Waals surface area contributed by atoms with Crippen LogP contribution in [0.2, 0.25) is 0 Å². The molecule has 11 nitrogen and oxygen atoms in total. The Morgan fingerprint density at radius 1 is 0.556 bits per heavy atom. The molecule has 4 N–H and O–H groups in total. The fourth-order valence-electron chi connectivity index (χ4n) is 5.76. The number of nitrogens with two attached hydrogens (primary N) is 1. The number of phosphoric ester groups is 1. The van der Waals surface area contributed by atoms with E-state index in [1.165, 1.54) is 83.5 Å². The van der Waals surface area contributed by atoms with Crippen LogP contribution in [-0.4, -0.2) is 59.9 Å². The van der Waals surface area contributed by atoms with Crippen molar-refractivity contribution in [1.82, 2.24) is 0 Å². The Kier molecular flexibility index (Phi) is 36.4. The van der Waals surface area contributed by atoms with Gasteiger partial charge in [0.1, 0.15) is 12.6 Å². The third-order valence-corrected chi connectivity index (χ3v) is 10.1. The van der Waals surface area contributed by atoms with Gasteiger partial charge in [-0.2, -0.15) is 0 Å². The number of rotatable bonds is 40. The van der Waals surface area contributed by atoms with Crippen molar-refractivity contribution in [2.75, 3.05) is 19.8 Å². The maximum Gasteiger partial charge on any atom is 0.472 e. The van der Waals surface area contributed by atoms with Gasteiger partial charge in [0, 0.05) is 12.8 Å². The summed E-state index contributed by atoms with van der Waals surface area (Å²) in [6, 6.07) is -1.52. The first-order valence-corrected chi connectivity index (χ1v) is 22.9. The summed E-state index contributed by atoms with van der Waals surface area (Å²) in [5.41, 5.74) is 5.33.